The molecule has 0 bridgehead atoms. The third-order valence-electron chi connectivity index (χ3n) is 11.5. The van der Waals surface area contributed by atoms with E-state index in [-0.39, 0.29) is 0 Å². The molecule has 0 unspecified atom stereocenters. The molecule has 0 N–H and O–H groups in total. The maximum absolute atomic E-state index is 5.33. The molecule has 0 saturated heterocycles. The molecule has 0 aliphatic carbocycles. The number of fused-ring (bicyclic) bond motifs is 8. The van der Waals surface area contributed by atoms with Crippen LogP contribution in [0.3, 0.4) is 0 Å². The normalized spacial score (nSPS) is 11.8. The van der Waals surface area contributed by atoms with Crippen molar-refractivity contribution < 1.29 is 0 Å². The van der Waals surface area contributed by atoms with Crippen LogP contribution in [0, 0.1) is 0 Å². The molecule has 0 aliphatic heterocycles. The standard InChI is InChI=1S/C53H31N5/c1-3-11-42-40(9-1)50(41-10-2-4-12-43(41)51(42)49-25-15-33-14-13-32-7-5-28-55-52(32)53(33)58-49)48-26-20-38-30-35(17-23-47(38)57-48)34-16-22-45-37(29-34)19-24-46(56-45)39-18-21-44-36(31-39)8-6-27-54-44/h1-31H. The van der Waals surface area contributed by atoms with E-state index < -0.39 is 0 Å². The van der Waals surface area contributed by atoms with Gasteiger partial charge in [0.2, 0.25) is 0 Å². The highest BCUT2D eigenvalue weighted by Crippen LogP contribution is 2.43. The summed E-state index contributed by atoms with van der Waals surface area (Å²) in [6.45, 7) is 0. The summed E-state index contributed by atoms with van der Waals surface area (Å²) >= 11 is 0. The molecule has 7 aromatic carbocycles. The van der Waals surface area contributed by atoms with Gasteiger partial charge in [0, 0.05) is 56.0 Å². The van der Waals surface area contributed by atoms with Gasteiger partial charge in [0.15, 0.2) is 0 Å². The van der Waals surface area contributed by atoms with Crippen LogP contribution < -0.4 is 0 Å². The van der Waals surface area contributed by atoms with Crippen molar-refractivity contribution in [3.8, 4) is 44.9 Å². The number of pyridine rings is 5. The lowest BCUT2D eigenvalue weighted by Crippen LogP contribution is -1.95. The molecule has 0 atom stereocenters. The van der Waals surface area contributed by atoms with Crippen LogP contribution in [0.5, 0.6) is 0 Å². The monoisotopic (exact) mass is 737 g/mol. The molecule has 5 nitrogen and oxygen atoms in total. The van der Waals surface area contributed by atoms with Gasteiger partial charge in [-0.15, -0.1) is 0 Å². The average molecular weight is 738 g/mol. The zero-order valence-electron chi connectivity index (χ0n) is 31.1. The van der Waals surface area contributed by atoms with E-state index in [1.807, 2.05) is 24.5 Å². The number of hydrogen-bond acceptors (Lipinski definition) is 5. The summed E-state index contributed by atoms with van der Waals surface area (Å²) in [5.74, 6) is 0. The van der Waals surface area contributed by atoms with Gasteiger partial charge < -0.3 is 0 Å². The summed E-state index contributed by atoms with van der Waals surface area (Å²) in [7, 11) is 0. The molecule has 5 heterocycles. The molecule has 0 fully saturated rings. The Labute approximate surface area is 333 Å². The highest BCUT2D eigenvalue weighted by molar-refractivity contribution is 6.21. The lowest BCUT2D eigenvalue weighted by Gasteiger charge is -2.17. The quantitative estimate of drug-likeness (QED) is 0.133. The highest BCUT2D eigenvalue weighted by atomic mass is 14.8. The van der Waals surface area contributed by atoms with Crippen LogP contribution in [0.1, 0.15) is 0 Å². The smallest absolute Gasteiger partial charge is 0.0972 e. The topological polar surface area (TPSA) is 64.5 Å². The fourth-order valence-electron chi connectivity index (χ4n) is 8.69. The Morgan fingerprint density at radius 1 is 0.276 bits per heavy atom. The molecule has 0 spiro atoms. The number of aromatic nitrogens is 5. The van der Waals surface area contributed by atoms with Gasteiger partial charge in [-0.05, 0) is 99.4 Å². The van der Waals surface area contributed by atoms with E-state index in [1.54, 1.807) is 0 Å². The van der Waals surface area contributed by atoms with Crippen LogP contribution in [0.15, 0.2) is 188 Å². The Kier molecular flexibility index (Phi) is 7.16. The first-order valence-electron chi connectivity index (χ1n) is 19.5. The molecular formula is C53H31N5. The summed E-state index contributed by atoms with van der Waals surface area (Å²) in [6.07, 6.45) is 3.67. The number of hydrogen-bond donors (Lipinski definition) is 0. The van der Waals surface area contributed by atoms with Gasteiger partial charge in [0.1, 0.15) is 0 Å². The second-order valence-electron chi connectivity index (χ2n) is 14.9. The van der Waals surface area contributed by atoms with Gasteiger partial charge in [0.05, 0.1) is 44.7 Å². The Hall–Kier alpha value is -7.89. The highest BCUT2D eigenvalue weighted by Gasteiger charge is 2.19. The van der Waals surface area contributed by atoms with Crippen LogP contribution >= 0.6 is 0 Å². The summed E-state index contributed by atoms with van der Waals surface area (Å²) in [5, 5.41) is 10.0. The summed E-state index contributed by atoms with van der Waals surface area (Å²) in [6, 6.07) is 62.0. The Bertz CT molecular complexity index is 3590. The van der Waals surface area contributed by atoms with Crippen LogP contribution in [-0.4, -0.2) is 24.9 Å². The van der Waals surface area contributed by atoms with Crippen molar-refractivity contribution in [3.05, 3.63) is 188 Å². The van der Waals surface area contributed by atoms with Crippen molar-refractivity contribution in [2.45, 2.75) is 0 Å². The van der Waals surface area contributed by atoms with E-state index in [0.717, 1.165) is 121 Å². The van der Waals surface area contributed by atoms with Gasteiger partial charge in [-0.1, -0.05) is 109 Å². The van der Waals surface area contributed by atoms with E-state index in [9.17, 15) is 0 Å². The molecule has 0 amide bonds. The molecule has 268 valence electrons. The van der Waals surface area contributed by atoms with Gasteiger partial charge in [0.25, 0.3) is 0 Å². The minimum Gasteiger partial charge on any atom is -0.256 e. The van der Waals surface area contributed by atoms with Gasteiger partial charge >= 0.3 is 0 Å². The SMILES string of the molecule is c1cnc2ccc(-c3ccc4cc(-c5ccc6nc(-c7c8ccccc8c(-c8ccc9ccc%10cccnc%10c9n8)c8ccccc78)ccc6c5)ccc4n3)cc2c1. The Morgan fingerprint density at radius 3 is 1.38 bits per heavy atom. The molecule has 5 heteroatoms. The predicted octanol–water partition coefficient (Wildman–Crippen LogP) is 13.4. The Balaban J connectivity index is 0.938. The van der Waals surface area contributed by atoms with E-state index in [2.05, 4.69) is 169 Å². The minimum absolute atomic E-state index is 0.910. The summed E-state index contributed by atoms with van der Waals surface area (Å²) in [4.78, 5) is 24.9. The van der Waals surface area contributed by atoms with Gasteiger partial charge in [-0.25, -0.2) is 15.0 Å². The average Bonchev–Trinajstić information content (AvgIpc) is 3.29. The second-order valence-corrected chi connectivity index (χ2v) is 14.9. The maximum Gasteiger partial charge on any atom is 0.0972 e. The fourth-order valence-corrected chi connectivity index (χ4v) is 8.69. The fraction of sp³-hybridized carbons (Fsp3) is 0. The summed E-state index contributed by atoms with van der Waals surface area (Å²) in [5.41, 5.74) is 13.1. The van der Waals surface area contributed by atoms with Crippen molar-refractivity contribution in [3.63, 3.8) is 0 Å². The first kappa shape index (κ1) is 32.4. The molecular weight excluding hydrogens is 707 g/mol. The van der Waals surface area contributed by atoms with Crippen LogP contribution in [-0.2, 0) is 0 Å². The minimum atomic E-state index is 0.910. The molecule has 0 radical (unpaired) electrons. The van der Waals surface area contributed by atoms with E-state index in [4.69, 9.17) is 19.9 Å². The van der Waals surface area contributed by atoms with Gasteiger partial charge in [-0.2, -0.15) is 0 Å². The third-order valence-corrected chi connectivity index (χ3v) is 11.5. The zero-order valence-corrected chi connectivity index (χ0v) is 31.1. The van der Waals surface area contributed by atoms with Crippen molar-refractivity contribution in [2.24, 2.45) is 0 Å². The first-order valence-corrected chi connectivity index (χ1v) is 19.5. The largest absolute Gasteiger partial charge is 0.256 e. The van der Waals surface area contributed by atoms with Crippen LogP contribution in [0.25, 0.3) is 121 Å². The predicted molar refractivity (Wildman–Crippen MR) is 240 cm³/mol. The van der Waals surface area contributed by atoms with Gasteiger partial charge in [-0.3, -0.25) is 9.97 Å². The molecule has 5 aromatic heterocycles. The first-order chi connectivity index (χ1) is 28.7. The maximum atomic E-state index is 5.33. The second kappa shape index (κ2) is 12.8. The van der Waals surface area contributed by atoms with Crippen LogP contribution in [0.2, 0.25) is 0 Å². The van der Waals surface area contributed by atoms with Crippen LogP contribution in [0.4, 0.5) is 0 Å². The summed E-state index contributed by atoms with van der Waals surface area (Å²) < 4.78 is 0. The van der Waals surface area contributed by atoms with E-state index in [1.165, 1.54) is 0 Å². The van der Waals surface area contributed by atoms with Crippen molar-refractivity contribution >= 4 is 76.1 Å². The van der Waals surface area contributed by atoms with Crippen molar-refractivity contribution in [2.75, 3.05) is 0 Å². The zero-order chi connectivity index (χ0) is 38.2. The lowest BCUT2D eigenvalue weighted by molar-refractivity contribution is 1.38. The Morgan fingerprint density at radius 2 is 0.724 bits per heavy atom. The molecule has 12 aromatic rings. The lowest BCUT2D eigenvalue weighted by atomic mass is 9.88. The molecule has 58 heavy (non-hydrogen) atoms. The molecule has 0 saturated carbocycles. The molecule has 0 aliphatic rings. The van der Waals surface area contributed by atoms with E-state index in [0.29, 0.717) is 0 Å². The van der Waals surface area contributed by atoms with E-state index >= 15 is 0 Å². The number of rotatable bonds is 4. The number of benzene rings is 7. The molecule has 12 rings (SSSR count). The third kappa shape index (κ3) is 5.21. The van der Waals surface area contributed by atoms with Crippen molar-refractivity contribution in [1.29, 1.82) is 0 Å². The number of nitrogens with zero attached hydrogens (tertiary/aromatic N) is 5. The van der Waals surface area contributed by atoms with Crippen molar-refractivity contribution in [1.82, 2.24) is 24.9 Å².